The second-order valence-corrected chi connectivity index (χ2v) is 6.21. The number of para-hydroxylation sites is 1. The lowest BCUT2D eigenvalue weighted by molar-refractivity contribution is -0.186. The number of halogens is 1. The van der Waals surface area contributed by atoms with E-state index in [4.69, 9.17) is 5.41 Å². The quantitative estimate of drug-likeness (QED) is 0.338. The van der Waals surface area contributed by atoms with E-state index in [1.54, 1.807) is 24.3 Å². The summed E-state index contributed by atoms with van der Waals surface area (Å²) < 4.78 is 11.7. The van der Waals surface area contributed by atoms with Gasteiger partial charge in [-0.2, -0.15) is 5.10 Å². The lowest BCUT2D eigenvalue weighted by Crippen LogP contribution is -2.45. The number of hydrogen-bond acceptors (Lipinski definition) is 8. The first-order valence-corrected chi connectivity index (χ1v) is 9.77. The fraction of sp³-hybridized carbons (Fsp3) is 0.400. The van der Waals surface area contributed by atoms with Crippen molar-refractivity contribution in [2.24, 2.45) is 11.0 Å². The van der Waals surface area contributed by atoms with Crippen molar-refractivity contribution in [3.8, 4) is 0 Å². The van der Waals surface area contributed by atoms with Gasteiger partial charge < -0.3 is 15.6 Å². The van der Waals surface area contributed by atoms with Crippen LogP contribution in [-0.2, 0) is 19.3 Å². The molecule has 0 spiro atoms. The minimum atomic E-state index is -1.73. The summed E-state index contributed by atoms with van der Waals surface area (Å²) in [5.41, 5.74) is 3.52. The van der Waals surface area contributed by atoms with Crippen LogP contribution in [0.3, 0.4) is 0 Å². The Labute approximate surface area is 179 Å². The smallest absolute Gasteiger partial charge is 0.339 e. The molecule has 1 saturated heterocycles. The van der Waals surface area contributed by atoms with Crippen LogP contribution < -0.4 is 10.7 Å². The van der Waals surface area contributed by atoms with Crippen molar-refractivity contribution in [1.82, 2.24) is 10.2 Å². The minimum Gasteiger partial charge on any atom is -0.339 e. The summed E-state index contributed by atoms with van der Waals surface area (Å²) in [6, 6.07) is 6.72. The van der Waals surface area contributed by atoms with E-state index >= 15 is 0 Å². The van der Waals surface area contributed by atoms with Gasteiger partial charge in [-0.1, -0.05) is 26.0 Å². The van der Waals surface area contributed by atoms with Gasteiger partial charge >= 0.3 is 11.9 Å². The molecule has 11 heteroatoms. The van der Waals surface area contributed by atoms with Crippen LogP contribution in [-0.4, -0.2) is 60.5 Å². The van der Waals surface area contributed by atoms with E-state index in [0.29, 0.717) is 30.6 Å². The SMILES string of the molecule is CC.N=C/C=N\Nc1ccccc1C(=O)N1CCCC(C(=O)CNC(=O)C(=O)OF)C1. The number of piperidine rings is 1. The minimum absolute atomic E-state index is 0.152. The normalized spacial score (nSPS) is 15.3. The lowest BCUT2D eigenvalue weighted by atomic mass is 9.93. The van der Waals surface area contributed by atoms with Gasteiger partial charge in [0.25, 0.3) is 5.91 Å². The van der Waals surface area contributed by atoms with Crippen molar-refractivity contribution in [2.45, 2.75) is 26.7 Å². The van der Waals surface area contributed by atoms with Crippen LogP contribution in [0.2, 0.25) is 0 Å². The number of nitrogens with zero attached hydrogens (tertiary/aromatic N) is 2. The fourth-order valence-corrected chi connectivity index (χ4v) is 2.92. The molecule has 0 saturated carbocycles. The first-order chi connectivity index (χ1) is 15.0. The van der Waals surface area contributed by atoms with Gasteiger partial charge in [-0.3, -0.25) is 19.8 Å². The highest BCUT2D eigenvalue weighted by molar-refractivity contribution is 6.32. The third-order valence-corrected chi connectivity index (χ3v) is 4.33. The van der Waals surface area contributed by atoms with Crippen molar-refractivity contribution in [2.75, 3.05) is 25.1 Å². The molecule has 2 amide bonds. The number of rotatable bonds is 7. The van der Waals surface area contributed by atoms with Crippen molar-refractivity contribution in [3.05, 3.63) is 29.8 Å². The maximum atomic E-state index is 12.9. The number of carbonyl (C=O) groups is 4. The summed E-state index contributed by atoms with van der Waals surface area (Å²) in [4.78, 5) is 51.5. The Hall–Kier alpha value is -3.63. The summed E-state index contributed by atoms with van der Waals surface area (Å²) >= 11 is 0. The first-order valence-electron chi connectivity index (χ1n) is 9.77. The topological polar surface area (TPSA) is 141 Å². The van der Waals surface area contributed by atoms with E-state index in [-0.39, 0.29) is 18.2 Å². The highest BCUT2D eigenvalue weighted by Crippen LogP contribution is 2.23. The third-order valence-electron chi connectivity index (χ3n) is 4.33. The number of hydrazone groups is 1. The summed E-state index contributed by atoms with van der Waals surface area (Å²) in [5, 5.41) is 12.7. The average molecular weight is 435 g/mol. The predicted molar refractivity (Wildman–Crippen MR) is 113 cm³/mol. The summed E-state index contributed by atoms with van der Waals surface area (Å²) in [6.45, 7) is 4.15. The molecule has 3 N–H and O–H groups in total. The Balaban J connectivity index is 0.00000233. The number of likely N-dealkylation sites (tertiary alicyclic amines) is 1. The zero-order valence-corrected chi connectivity index (χ0v) is 17.4. The fourth-order valence-electron chi connectivity index (χ4n) is 2.92. The van der Waals surface area contributed by atoms with Crippen LogP contribution in [0.15, 0.2) is 29.4 Å². The maximum absolute atomic E-state index is 12.9. The molecule has 31 heavy (non-hydrogen) atoms. The summed E-state index contributed by atoms with van der Waals surface area (Å²) in [6.07, 6.45) is 3.33. The largest absolute Gasteiger partial charge is 0.436 e. The lowest BCUT2D eigenvalue weighted by Gasteiger charge is -2.32. The Morgan fingerprint density at radius 2 is 2.00 bits per heavy atom. The van der Waals surface area contributed by atoms with Gasteiger partial charge in [-0.15, -0.1) is 0 Å². The first kappa shape index (κ1) is 25.4. The number of ketones is 1. The van der Waals surface area contributed by atoms with Crippen LogP contribution in [0.4, 0.5) is 10.2 Å². The number of anilines is 1. The monoisotopic (exact) mass is 435 g/mol. The van der Waals surface area contributed by atoms with Gasteiger partial charge in [0.2, 0.25) is 0 Å². The van der Waals surface area contributed by atoms with E-state index < -0.39 is 24.3 Å². The number of benzene rings is 1. The molecule has 0 aliphatic carbocycles. The molecule has 1 unspecified atom stereocenters. The molecule has 1 aliphatic heterocycles. The van der Waals surface area contributed by atoms with E-state index in [1.807, 2.05) is 19.2 Å². The van der Waals surface area contributed by atoms with Crippen LogP contribution in [0, 0.1) is 11.3 Å². The van der Waals surface area contributed by atoms with E-state index in [9.17, 15) is 23.7 Å². The Morgan fingerprint density at radius 1 is 1.29 bits per heavy atom. The Morgan fingerprint density at radius 3 is 2.68 bits per heavy atom. The number of Topliss-reactive ketones (excluding diaryl/α,β-unsaturated/α-hetero) is 1. The number of amides is 2. The third kappa shape index (κ3) is 7.61. The molecule has 1 fully saturated rings. The van der Waals surface area contributed by atoms with Gasteiger partial charge in [0.15, 0.2) is 5.78 Å². The molecule has 1 heterocycles. The predicted octanol–water partition coefficient (Wildman–Crippen LogP) is 1.73. The van der Waals surface area contributed by atoms with E-state index in [2.05, 4.69) is 15.5 Å². The molecule has 0 bridgehead atoms. The second-order valence-electron chi connectivity index (χ2n) is 6.21. The molecule has 1 atom stereocenters. The van der Waals surface area contributed by atoms with Gasteiger partial charge in [-0.25, -0.2) is 9.74 Å². The van der Waals surface area contributed by atoms with Gasteiger partial charge in [-0.05, 0) is 25.0 Å². The highest BCUT2D eigenvalue weighted by atomic mass is 19.3. The molecular weight excluding hydrogens is 409 g/mol. The molecule has 1 aromatic rings. The van der Waals surface area contributed by atoms with E-state index in [0.717, 1.165) is 6.21 Å². The molecule has 0 aromatic heterocycles. The number of hydrogen-bond donors (Lipinski definition) is 3. The molecule has 168 valence electrons. The number of carbonyl (C=O) groups excluding carboxylic acids is 4. The van der Waals surface area contributed by atoms with Crippen molar-refractivity contribution >= 4 is 41.7 Å². The zero-order valence-electron chi connectivity index (χ0n) is 17.4. The Kier molecular flexibility index (Phi) is 11.1. The molecule has 2 rings (SSSR count). The second kappa shape index (κ2) is 13.6. The van der Waals surface area contributed by atoms with Crippen LogP contribution in [0.1, 0.15) is 37.0 Å². The van der Waals surface area contributed by atoms with Crippen LogP contribution in [0.5, 0.6) is 0 Å². The zero-order chi connectivity index (χ0) is 23.2. The Bertz CT molecular complexity index is 830. The number of nitrogens with one attached hydrogen (secondary N) is 3. The molecule has 0 radical (unpaired) electrons. The summed E-state index contributed by atoms with van der Waals surface area (Å²) in [5.74, 6) is -4.27. The van der Waals surface area contributed by atoms with Crippen molar-refractivity contribution in [3.63, 3.8) is 0 Å². The standard InChI is InChI=1S/C18H20FN5O5.C2H6/c19-29-18(28)16(26)21-10-15(25)12-4-3-9-24(11-12)17(27)13-5-1-2-6-14(13)23-22-8-7-20;1-2/h1-2,5-8,12,20,23H,3-4,9-11H2,(H,21,26);1-2H3/b20-7?,22-8-;. The van der Waals surface area contributed by atoms with E-state index in [1.165, 1.54) is 11.1 Å². The van der Waals surface area contributed by atoms with Gasteiger partial charge in [0.1, 0.15) is 0 Å². The van der Waals surface area contributed by atoms with Crippen LogP contribution >= 0.6 is 0 Å². The highest BCUT2D eigenvalue weighted by Gasteiger charge is 2.30. The maximum Gasteiger partial charge on any atom is 0.436 e. The van der Waals surface area contributed by atoms with Crippen molar-refractivity contribution in [1.29, 1.82) is 5.41 Å². The van der Waals surface area contributed by atoms with Crippen molar-refractivity contribution < 1.29 is 28.6 Å². The van der Waals surface area contributed by atoms with Gasteiger partial charge in [0.05, 0.1) is 24.0 Å². The average Bonchev–Trinajstić information content (AvgIpc) is 2.83. The summed E-state index contributed by atoms with van der Waals surface area (Å²) in [7, 11) is 0. The van der Waals surface area contributed by atoms with Crippen LogP contribution in [0.25, 0.3) is 0 Å². The molecule has 1 aromatic carbocycles. The molecule has 1 aliphatic rings. The van der Waals surface area contributed by atoms with Gasteiger partial charge in [0, 0.05) is 29.7 Å². The molecular formula is C20H26FN5O5. The molecule has 10 nitrogen and oxygen atoms in total.